The predicted octanol–water partition coefficient (Wildman–Crippen LogP) is 6.62. The minimum atomic E-state index is -1.83. The van der Waals surface area contributed by atoms with Crippen LogP contribution in [0, 0.1) is 0 Å². The molecule has 0 amide bonds. The smallest absolute Gasteiger partial charge is 0.106 e. The van der Waals surface area contributed by atoms with Gasteiger partial charge in [0.05, 0.1) is 0 Å². The molecule has 0 aliphatic rings. The van der Waals surface area contributed by atoms with Gasteiger partial charge in [-0.05, 0) is 48.0 Å². The molecule has 4 aromatic rings. The van der Waals surface area contributed by atoms with Gasteiger partial charge in [-0.25, -0.2) is 0 Å². The van der Waals surface area contributed by atoms with E-state index in [1.54, 1.807) is 0 Å². The second kappa shape index (κ2) is 8.84. The molecule has 4 rings (SSSR count). The van der Waals surface area contributed by atoms with Crippen molar-refractivity contribution in [2.24, 2.45) is 0 Å². The van der Waals surface area contributed by atoms with Gasteiger partial charge < -0.3 is 9.96 Å². The molecule has 4 aromatic carbocycles. The maximum absolute atomic E-state index is 3.99. The Labute approximate surface area is 215 Å². The molecule has 0 bridgehead atoms. The van der Waals surface area contributed by atoms with Crippen molar-refractivity contribution in [3.05, 3.63) is 71.8 Å². The first-order valence-corrected chi connectivity index (χ1v) is 19.0. The van der Waals surface area contributed by atoms with Gasteiger partial charge in [-0.15, -0.1) is 92.9 Å². The Kier molecular flexibility index (Phi) is 6.59. The number of nitrogens with one attached hydrogen (secondary N) is 2. The normalized spacial score (nSPS) is 13.8. The van der Waals surface area contributed by atoms with Gasteiger partial charge in [-0.1, -0.05) is 37.0 Å². The van der Waals surface area contributed by atoms with Crippen LogP contribution in [-0.4, -0.2) is 27.5 Å². The number of benzene rings is 2. The van der Waals surface area contributed by atoms with Crippen LogP contribution < -0.4 is 20.3 Å². The van der Waals surface area contributed by atoms with Crippen molar-refractivity contribution < 1.29 is 0 Å². The summed E-state index contributed by atoms with van der Waals surface area (Å²) >= 11 is 0. The van der Waals surface area contributed by atoms with Crippen LogP contribution in [0.5, 0.6) is 0 Å². The summed E-state index contributed by atoms with van der Waals surface area (Å²) in [6.45, 7) is 23.5. The van der Waals surface area contributed by atoms with Crippen LogP contribution in [0.3, 0.4) is 0 Å². The van der Waals surface area contributed by atoms with Gasteiger partial charge >= 0.3 is 0 Å². The Bertz CT molecular complexity index is 1240. The van der Waals surface area contributed by atoms with E-state index in [0.29, 0.717) is 0 Å². The summed E-state index contributed by atoms with van der Waals surface area (Å²) in [4.78, 5) is 7.99. The topological polar surface area (TPSA) is 24.1 Å². The third-order valence-corrected chi connectivity index (χ3v) is 13.1. The number of hydrogen-bond donors (Lipinski definition) is 2. The van der Waals surface area contributed by atoms with Crippen LogP contribution in [0.1, 0.15) is 52.7 Å². The molecular weight excluding hydrogens is 457 g/mol. The largest absolute Gasteiger partial charge is 0.335 e. The Hall–Kier alpha value is -1.99. The lowest BCUT2D eigenvalue weighted by Crippen LogP contribution is -2.61. The van der Waals surface area contributed by atoms with Gasteiger partial charge in [0.15, 0.2) is 0 Å². The van der Waals surface area contributed by atoms with Crippen molar-refractivity contribution in [3.63, 3.8) is 0 Å². The first kappa shape index (κ1) is 26.1. The van der Waals surface area contributed by atoms with E-state index in [1.807, 2.05) is 0 Å². The zero-order valence-corrected chi connectivity index (χ0v) is 25.5. The molecule has 0 aliphatic heterocycles. The predicted molar refractivity (Wildman–Crippen MR) is 162 cm³/mol. The lowest BCUT2D eigenvalue weighted by atomic mass is 10.0. The second-order valence-electron chi connectivity index (χ2n) is 13.4. The summed E-state index contributed by atoms with van der Waals surface area (Å²) in [6.07, 6.45) is 0.973. The van der Waals surface area contributed by atoms with Gasteiger partial charge in [0.1, 0.15) is 16.5 Å². The highest BCUT2D eigenvalue weighted by Crippen LogP contribution is 2.29. The highest BCUT2D eigenvalue weighted by molar-refractivity contribution is 6.90. The van der Waals surface area contributed by atoms with Crippen LogP contribution in [0.2, 0.25) is 26.2 Å². The Morgan fingerprint density at radius 1 is 0.629 bits per heavy atom. The third-order valence-electron chi connectivity index (χ3n) is 6.87. The molecule has 2 nitrogen and oxygen atoms in total. The molecule has 0 saturated heterocycles. The van der Waals surface area contributed by atoms with Crippen molar-refractivity contribution in [1.29, 1.82) is 0 Å². The van der Waals surface area contributed by atoms with E-state index in [4.69, 9.17) is 0 Å². The molecule has 0 saturated carbocycles. The molecule has 188 valence electrons. The van der Waals surface area contributed by atoms with Crippen LogP contribution in [0.15, 0.2) is 60.7 Å². The molecular formula is C31H44N2Si2-2. The van der Waals surface area contributed by atoms with E-state index in [2.05, 4.69) is 138 Å². The fourth-order valence-electron chi connectivity index (χ4n) is 6.20. The van der Waals surface area contributed by atoms with Gasteiger partial charge in [0.25, 0.3) is 0 Å². The van der Waals surface area contributed by atoms with Crippen LogP contribution in [-0.2, 0) is 6.42 Å². The van der Waals surface area contributed by atoms with Crippen molar-refractivity contribution in [2.75, 3.05) is 0 Å². The van der Waals surface area contributed by atoms with E-state index in [1.165, 1.54) is 43.0 Å². The van der Waals surface area contributed by atoms with Crippen LogP contribution >= 0.6 is 0 Å². The minimum absolute atomic E-state index is 0.0985. The lowest BCUT2D eigenvalue weighted by molar-refractivity contribution is 0.515. The molecule has 0 aromatic heterocycles. The molecule has 4 heteroatoms. The zero-order valence-electron chi connectivity index (χ0n) is 23.5. The van der Waals surface area contributed by atoms with E-state index >= 15 is 0 Å². The van der Waals surface area contributed by atoms with E-state index in [0.717, 1.165) is 6.42 Å². The minimum Gasteiger partial charge on any atom is -0.335 e. The summed E-state index contributed by atoms with van der Waals surface area (Å²) in [7, 11) is -3.67. The van der Waals surface area contributed by atoms with Gasteiger partial charge in [0.2, 0.25) is 0 Å². The summed E-state index contributed by atoms with van der Waals surface area (Å²) < 4.78 is 0. The first-order valence-electron chi connectivity index (χ1n) is 13.0. The second-order valence-corrected chi connectivity index (χ2v) is 21.5. The average Bonchev–Trinajstić information content (AvgIpc) is 3.25. The van der Waals surface area contributed by atoms with Crippen molar-refractivity contribution in [1.82, 2.24) is 9.96 Å². The maximum Gasteiger partial charge on any atom is 0.106 e. The Morgan fingerprint density at radius 3 is 1.34 bits per heavy atom. The number of rotatable bonds is 6. The zero-order chi connectivity index (χ0) is 25.8. The summed E-state index contributed by atoms with van der Waals surface area (Å²) in [5.74, 6) is 0. The van der Waals surface area contributed by atoms with Crippen molar-refractivity contribution in [3.8, 4) is 0 Å². The average molecular weight is 501 g/mol. The number of fused-ring (bicyclic) bond motifs is 2. The highest BCUT2D eigenvalue weighted by atomic mass is 28.3. The molecule has 0 atom stereocenters. The molecule has 2 N–H and O–H groups in total. The highest BCUT2D eigenvalue weighted by Gasteiger charge is 2.29. The monoisotopic (exact) mass is 500 g/mol. The van der Waals surface area contributed by atoms with E-state index in [9.17, 15) is 0 Å². The molecule has 0 unspecified atom stereocenters. The summed E-state index contributed by atoms with van der Waals surface area (Å²) in [5.41, 5.74) is 3.11. The Balaban J connectivity index is 1.82. The van der Waals surface area contributed by atoms with E-state index < -0.39 is 16.5 Å². The summed E-state index contributed by atoms with van der Waals surface area (Å²) in [5, 5.41) is 8.73. The Morgan fingerprint density at radius 2 is 1.00 bits per heavy atom. The van der Waals surface area contributed by atoms with Crippen LogP contribution in [0.25, 0.3) is 21.5 Å². The third kappa shape index (κ3) is 5.56. The van der Waals surface area contributed by atoms with Gasteiger partial charge in [-0.2, -0.15) is 0 Å². The standard InChI is InChI=1S/C31H44N2Si2/c1-30(2,3)32-34(7,8)28-20-22(24-15-11-13-17-26(24)28)19-23-21-29(27-18-14-12-16-25(23)27)35(9,10)33-31(4,5)6/h11-18,20-21,32-33H,19H2,1-10H3/q-2. The molecule has 0 fully saturated rings. The summed E-state index contributed by atoms with van der Waals surface area (Å²) in [6, 6.07) is 23.1. The van der Waals surface area contributed by atoms with Crippen molar-refractivity contribution >= 4 is 48.4 Å². The molecule has 0 radical (unpaired) electrons. The fourth-order valence-corrected chi connectivity index (χ4v) is 13.1. The quantitative estimate of drug-likeness (QED) is 0.230. The van der Waals surface area contributed by atoms with Gasteiger partial charge in [0, 0.05) is 11.1 Å². The lowest BCUT2D eigenvalue weighted by Gasteiger charge is -2.36. The first-order chi connectivity index (χ1) is 16.1. The SMILES string of the molecule is CC(C)(C)N[Si](C)(C)c1cc(Cc2cc([Si](C)(C)NC(C)(C)C)c3cccc[c-]23)[c-]2ccccc12. The van der Waals surface area contributed by atoms with E-state index in [-0.39, 0.29) is 11.1 Å². The molecule has 0 aliphatic carbocycles. The van der Waals surface area contributed by atoms with Crippen molar-refractivity contribution in [2.45, 2.75) is 85.2 Å². The number of hydrogen-bond acceptors (Lipinski definition) is 2. The molecule has 0 spiro atoms. The molecule has 0 heterocycles. The molecule has 35 heavy (non-hydrogen) atoms. The fraction of sp³-hybridized carbons (Fsp3) is 0.419. The van der Waals surface area contributed by atoms with Gasteiger partial charge in [-0.3, -0.25) is 0 Å². The van der Waals surface area contributed by atoms with Crippen LogP contribution in [0.4, 0.5) is 0 Å². The maximum atomic E-state index is 3.99.